The molecule has 4 atom stereocenters. The fourth-order valence-corrected chi connectivity index (χ4v) is 8.27. The van der Waals surface area contributed by atoms with Gasteiger partial charge in [-0.25, -0.2) is 9.46 Å². The summed E-state index contributed by atoms with van der Waals surface area (Å²) in [6, 6.07) is 27.8. The molecule has 13 heteroatoms. The standard InChI is InChI=1S/C40H49N4O8P/c1-27(2)44(28(3)4)53(49-23-11-22-41)50-26-36-35(24-37(51-36)43-25-29(5)38(45)42-39(43)46)52-40(30-12-9-8-10-13-30,31-14-18-33(47-6)19-15-31)32-16-20-34(48-7)21-17-32/h8-10,12-21,25,27-28,35-37H,11,23-24,26H2,1-7H3,(H,42,45,46)/t35-,36-,37-,53?/m1/s1. The number of nitriles is 1. The van der Waals surface area contributed by atoms with Crippen molar-refractivity contribution in [2.75, 3.05) is 27.4 Å². The fraction of sp³-hybridized carbons (Fsp3) is 0.425. The molecule has 0 bridgehead atoms. The van der Waals surface area contributed by atoms with Gasteiger partial charge in [0.1, 0.15) is 29.4 Å². The Hall–Kier alpha value is -4.34. The second-order valence-electron chi connectivity index (χ2n) is 13.3. The molecule has 0 spiro atoms. The first-order valence-electron chi connectivity index (χ1n) is 17.7. The highest BCUT2D eigenvalue weighted by Gasteiger charge is 2.47. The van der Waals surface area contributed by atoms with Crippen LogP contribution in [0.4, 0.5) is 0 Å². The maximum Gasteiger partial charge on any atom is 0.330 e. The normalized spacial score (nSPS) is 18.0. The lowest BCUT2D eigenvalue weighted by Crippen LogP contribution is -2.41. The van der Waals surface area contributed by atoms with E-state index < -0.39 is 43.8 Å². The third kappa shape index (κ3) is 9.07. The number of rotatable bonds is 17. The quantitative estimate of drug-likeness (QED) is 0.0697. The number of nitrogens with one attached hydrogen (secondary N) is 1. The molecule has 5 rings (SSSR count). The predicted molar refractivity (Wildman–Crippen MR) is 203 cm³/mol. The van der Waals surface area contributed by atoms with E-state index in [0.29, 0.717) is 17.1 Å². The zero-order valence-corrected chi connectivity index (χ0v) is 32.2. The molecule has 1 saturated heterocycles. The van der Waals surface area contributed by atoms with E-state index in [1.165, 1.54) is 10.8 Å². The average Bonchev–Trinajstić information content (AvgIpc) is 3.56. The van der Waals surface area contributed by atoms with Crippen LogP contribution < -0.4 is 20.7 Å². The van der Waals surface area contributed by atoms with Gasteiger partial charge in [0.15, 0.2) is 0 Å². The van der Waals surface area contributed by atoms with Gasteiger partial charge in [-0.05, 0) is 75.6 Å². The van der Waals surface area contributed by atoms with Crippen LogP contribution in [0.1, 0.15) is 69.0 Å². The number of aryl methyl sites for hydroxylation is 1. The van der Waals surface area contributed by atoms with Gasteiger partial charge in [0.05, 0.1) is 46.0 Å². The summed E-state index contributed by atoms with van der Waals surface area (Å²) in [5.74, 6) is 1.39. The Labute approximate surface area is 312 Å². The minimum Gasteiger partial charge on any atom is -0.497 e. The number of nitrogens with zero attached hydrogens (tertiary/aromatic N) is 3. The summed E-state index contributed by atoms with van der Waals surface area (Å²) < 4.78 is 41.6. The van der Waals surface area contributed by atoms with Crippen LogP contribution in [-0.4, -0.2) is 65.9 Å². The number of aromatic amines is 1. The lowest BCUT2D eigenvalue weighted by molar-refractivity contribution is -0.0974. The topological polar surface area (TPSA) is 137 Å². The zero-order chi connectivity index (χ0) is 38.1. The molecule has 0 radical (unpaired) electrons. The van der Waals surface area contributed by atoms with Crippen LogP contribution in [0.2, 0.25) is 0 Å². The number of benzene rings is 3. The first-order chi connectivity index (χ1) is 25.5. The zero-order valence-electron chi connectivity index (χ0n) is 31.4. The summed E-state index contributed by atoms with van der Waals surface area (Å²) in [4.78, 5) is 27.9. The maximum absolute atomic E-state index is 13.2. The average molecular weight is 745 g/mol. The molecule has 2 heterocycles. The van der Waals surface area contributed by atoms with E-state index in [4.69, 9.17) is 28.0 Å². The summed E-state index contributed by atoms with van der Waals surface area (Å²) in [5.41, 5.74) is 0.691. The number of ether oxygens (including phenoxy) is 4. The Kier molecular flexibility index (Phi) is 13.6. The van der Waals surface area contributed by atoms with Gasteiger partial charge in [-0.2, -0.15) is 5.26 Å². The Morgan fingerprint density at radius 1 is 0.906 bits per heavy atom. The third-order valence-electron chi connectivity index (χ3n) is 9.15. The van der Waals surface area contributed by atoms with Gasteiger partial charge in [0.25, 0.3) is 14.1 Å². The highest BCUT2D eigenvalue weighted by atomic mass is 31.2. The van der Waals surface area contributed by atoms with E-state index in [0.717, 1.165) is 16.7 Å². The SMILES string of the molecule is COc1ccc(C(O[C@@H]2C[C@H](n3cc(C)c(=O)[nH]c3=O)O[C@@H]2COP(OCCC#N)N(C(C)C)C(C)C)(c2ccccc2)c2ccc(OC)cc2)cc1. The molecule has 12 nitrogen and oxygen atoms in total. The number of hydrogen-bond acceptors (Lipinski definition) is 10. The molecular formula is C40H49N4O8P. The third-order valence-corrected chi connectivity index (χ3v) is 11.2. The van der Waals surface area contributed by atoms with Gasteiger partial charge in [-0.15, -0.1) is 0 Å². The highest BCUT2D eigenvalue weighted by Crippen LogP contribution is 2.49. The van der Waals surface area contributed by atoms with Crippen molar-refractivity contribution in [1.29, 1.82) is 5.26 Å². The van der Waals surface area contributed by atoms with Crippen LogP contribution in [0, 0.1) is 18.3 Å². The molecular weight excluding hydrogens is 695 g/mol. The van der Waals surface area contributed by atoms with Crippen molar-refractivity contribution in [3.05, 3.63) is 128 Å². The van der Waals surface area contributed by atoms with Crippen LogP contribution in [0.25, 0.3) is 0 Å². The Balaban J connectivity index is 1.63. The van der Waals surface area contributed by atoms with Gasteiger partial charge >= 0.3 is 5.69 Å². The Morgan fingerprint density at radius 2 is 1.47 bits per heavy atom. The summed E-state index contributed by atoms with van der Waals surface area (Å²) in [6.07, 6.45) is -0.131. The van der Waals surface area contributed by atoms with Crippen molar-refractivity contribution in [3.8, 4) is 17.6 Å². The first-order valence-corrected chi connectivity index (χ1v) is 18.9. The monoisotopic (exact) mass is 744 g/mol. The van der Waals surface area contributed by atoms with Crippen molar-refractivity contribution in [2.45, 2.75) is 83.6 Å². The largest absolute Gasteiger partial charge is 0.497 e. The van der Waals surface area contributed by atoms with Gasteiger partial charge in [-0.3, -0.25) is 14.3 Å². The first kappa shape index (κ1) is 39.9. The summed E-state index contributed by atoms with van der Waals surface area (Å²) in [6.45, 7) is 10.2. The molecule has 1 aliphatic rings. The van der Waals surface area contributed by atoms with Crippen LogP contribution in [0.15, 0.2) is 94.6 Å². The van der Waals surface area contributed by atoms with E-state index >= 15 is 0 Å². The lowest BCUT2D eigenvalue weighted by Gasteiger charge is -2.40. The van der Waals surface area contributed by atoms with Crippen molar-refractivity contribution < 1.29 is 28.0 Å². The Bertz CT molecular complexity index is 1870. The van der Waals surface area contributed by atoms with Crippen LogP contribution in [-0.2, 0) is 24.1 Å². The second kappa shape index (κ2) is 18.1. The molecule has 1 unspecified atom stereocenters. The van der Waals surface area contributed by atoms with E-state index in [-0.39, 0.29) is 38.1 Å². The lowest BCUT2D eigenvalue weighted by atomic mass is 9.79. The molecule has 1 aliphatic heterocycles. The number of H-pyrrole nitrogens is 1. The summed E-state index contributed by atoms with van der Waals surface area (Å²) >= 11 is 0. The van der Waals surface area contributed by atoms with Gasteiger partial charge < -0.3 is 28.0 Å². The second-order valence-corrected chi connectivity index (χ2v) is 14.8. The van der Waals surface area contributed by atoms with Gasteiger partial charge in [-0.1, -0.05) is 54.6 Å². The van der Waals surface area contributed by atoms with Gasteiger partial charge in [0, 0.05) is 30.3 Å². The molecule has 0 saturated carbocycles. The van der Waals surface area contributed by atoms with Crippen LogP contribution in [0.5, 0.6) is 11.5 Å². The van der Waals surface area contributed by atoms with Crippen molar-refractivity contribution in [2.24, 2.45) is 0 Å². The minimum absolute atomic E-state index is 0.0581. The van der Waals surface area contributed by atoms with E-state index in [2.05, 4.69) is 43.4 Å². The number of methoxy groups -OCH3 is 2. The molecule has 1 aromatic heterocycles. The van der Waals surface area contributed by atoms with Crippen LogP contribution in [0.3, 0.4) is 0 Å². The molecule has 0 aliphatic carbocycles. The Morgan fingerprint density at radius 3 is 2.00 bits per heavy atom. The molecule has 4 aromatic rings. The fourth-order valence-electron chi connectivity index (χ4n) is 6.65. The molecule has 1 fully saturated rings. The van der Waals surface area contributed by atoms with E-state index in [9.17, 15) is 14.9 Å². The summed E-state index contributed by atoms with van der Waals surface area (Å²) in [5, 5.41) is 9.24. The highest BCUT2D eigenvalue weighted by molar-refractivity contribution is 7.44. The van der Waals surface area contributed by atoms with Crippen molar-refractivity contribution in [3.63, 3.8) is 0 Å². The number of hydrogen-bond donors (Lipinski definition) is 1. The molecule has 1 N–H and O–H groups in total. The molecule has 53 heavy (non-hydrogen) atoms. The van der Waals surface area contributed by atoms with Gasteiger partial charge in [0.2, 0.25) is 0 Å². The number of aromatic nitrogens is 2. The maximum atomic E-state index is 13.2. The predicted octanol–water partition coefficient (Wildman–Crippen LogP) is 6.82. The van der Waals surface area contributed by atoms with E-state index in [1.807, 2.05) is 78.9 Å². The summed E-state index contributed by atoms with van der Waals surface area (Å²) in [7, 11) is 1.64. The van der Waals surface area contributed by atoms with Crippen LogP contribution >= 0.6 is 8.53 Å². The molecule has 282 valence electrons. The molecule has 3 aromatic carbocycles. The molecule has 0 amide bonds. The van der Waals surface area contributed by atoms with Crippen molar-refractivity contribution in [1.82, 2.24) is 14.2 Å². The van der Waals surface area contributed by atoms with Crippen molar-refractivity contribution >= 4 is 8.53 Å². The minimum atomic E-state index is -1.61. The smallest absolute Gasteiger partial charge is 0.330 e. The van der Waals surface area contributed by atoms with E-state index in [1.54, 1.807) is 21.1 Å².